The third-order valence-corrected chi connectivity index (χ3v) is 5.36. The standard InChI is InChI=1S/C17H17N5O2S2/c1-10-3-5-12(6-4-10)22-11(2)20-21-17(22)26-9-14(23)19-16-13(15(18)24)7-8-25-16/h3-8H,9H2,1-2H3,(H2,18,24)(H,19,23). The molecule has 2 heterocycles. The first-order valence-corrected chi connectivity index (χ1v) is 9.61. The van der Waals surface area contributed by atoms with Crippen molar-refractivity contribution in [1.29, 1.82) is 0 Å². The summed E-state index contributed by atoms with van der Waals surface area (Å²) >= 11 is 2.54. The van der Waals surface area contributed by atoms with Gasteiger partial charge in [-0.05, 0) is 37.4 Å². The third-order valence-electron chi connectivity index (χ3n) is 3.60. The fraction of sp³-hybridized carbons (Fsp3) is 0.176. The summed E-state index contributed by atoms with van der Waals surface area (Å²) in [6.07, 6.45) is 0. The second-order valence-electron chi connectivity index (χ2n) is 5.57. The molecule has 9 heteroatoms. The summed E-state index contributed by atoms with van der Waals surface area (Å²) in [5.74, 6) is 0.0751. The van der Waals surface area contributed by atoms with Crippen LogP contribution >= 0.6 is 23.1 Å². The van der Waals surface area contributed by atoms with Gasteiger partial charge in [0.1, 0.15) is 10.8 Å². The zero-order valence-corrected chi connectivity index (χ0v) is 15.9. The highest BCUT2D eigenvalue weighted by molar-refractivity contribution is 7.99. The molecule has 1 aromatic carbocycles. The molecule has 0 aliphatic heterocycles. The van der Waals surface area contributed by atoms with E-state index < -0.39 is 5.91 Å². The number of hydrogen-bond acceptors (Lipinski definition) is 6. The lowest BCUT2D eigenvalue weighted by Gasteiger charge is -2.09. The fourth-order valence-corrected chi connectivity index (χ4v) is 3.93. The van der Waals surface area contributed by atoms with Gasteiger partial charge in [0, 0.05) is 5.69 Å². The van der Waals surface area contributed by atoms with E-state index in [4.69, 9.17) is 5.73 Å². The number of benzene rings is 1. The Balaban J connectivity index is 1.70. The van der Waals surface area contributed by atoms with Gasteiger partial charge in [-0.25, -0.2) is 0 Å². The predicted molar refractivity (Wildman–Crippen MR) is 103 cm³/mol. The van der Waals surface area contributed by atoms with E-state index in [1.54, 1.807) is 11.4 Å². The number of hydrogen-bond donors (Lipinski definition) is 2. The summed E-state index contributed by atoms with van der Waals surface area (Å²) in [6.45, 7) is 3.88. The van der Waals surface area contributed by atoms with Crippen LogP contribution in [0.2, 0.25) is 0 Å². The van der Waals surface area contributed by atoms with Crippen LogP contribution in [0.15, 0.2) is 40.9 Å². The molecule has 0 fully saturated rings. The van der Waals surface area contributed by atoms with Gasteiger partial charge in [-0.1, -0.05) is 29.5 Å². The van der Waals surface area contributed by atoms with Crippen molar-refractivity contribution in [3.63, 3.8) is 0 Å². The van der Waals surface area contributed by atoms with Crippen molar-refractivity contribution in [2.75, 3.05) is 11.1 Å². The first-order valence-electron chi connectivity index (χ1n) is 7.74. The van der Waals surface area contributed by atoms with E-state index in [1.165, 1.54) is 23.1 Å². The molecule has 0 spiro atoms. The minimum Gasteiger partial charge on any atom is -0.366 e. The van der Waals surface area contributed by atoms with Gasteiger partial charge in [-0.2, -0.15) is 0 Å². The highest BCUT2D eigenvalue weighted by Crippen LogP contribution is 2.25. The van der Waals surface area contributed by atoms with Crippen molar-refractivity contribution >= 4 is 39.9 Å². The van der Waals surface area contributed by atoms with Gasteiger partial charge >= 0.3 is 0 Å². The lowest BCUT2D eigenvalue weighted by Crippen LogP contribution is -2.18. The Bertz CT molecular complexity index is 946. The lowest BCUT2D eigenvalue weighted by atomic mass is 10.2. The van der Waals surface area contributed by atoms with Crippen molar-refractivity contribution in [3.05, 3.63) is 52.7 Å². The second-order valence-corrected chi connectivity index (χ2v) is 7.42. The fourth-order valence-electron chi connectivity index (χ4n) is 2.32. The van der Waals surface area contributed by atoms with Crippen LogP contribution < -0.4 is 11.1 Å². The normalized spacial score (nSPS) is 10.7. The molecule has 0 radical (unpaired) electrons. The number of nitrogens with zero attached hydrogens (tertiary/aromatic N) is 3. The van der Waals surface area contributed by atoms with Crippen LogP contribution in [0.5, 0.6) is 0 Å². The molecule has 0 bridgehead atoms. The maximum Gasteiger partial charge on any atom is 0.251 e. The molecular weight excluding hydrogens is 370 g/mol. The summed E-state index contributed by atoms with van der Waals surface area (Å²) in [7, 11) is 0. The second kappa shape index (κ2) is 7.71. The Morgan fingerprint density at radius 1 is 1.19 bits per heavy atom. The van der Waals surface area contributed by atoms with Crippen LogP contribution in [0.4, 0.5) is 5.00 Å². The summed E-state index contributed by atoms with van der Waals surface area (Å²) < 4.78 is 1.90. The number of nitrogens with two attached hydrogens (primary N) is 1. The van der Waals surface area contributed by atoms with E-state index in [0.717, 1.165) is 17.1 Å². The minimum atomic E-state index is -0.566. The van der Waals surface area contributed by atoms with Gasteiger partial charge in [-0.15, -0.1) is 21.5 Å². The van der Waals surface area contributed by atoms with Crippen molar-refractivity contribution in [2.45, 2.75) is 19.0 Å². The van der Waals surface area contributed by atoms with Gasteiger partial charge in [-0.3, -0.25) is 14.2 Å². The molecule has 0 unspecified atom stereocenters. The molecule has 3 rings (SSSR count). The quantitative estimate of drug-likeness (QED) is 0.633. The van der Waals surface area contributed by atoms with Crippen LogP contribution in [-0.4, -0.2) is 32.3 Å². The average Bonchev–Trinajstić information content (AvgIpc) is 3.20. The molecule has 0 saturated heterocycles. The summed E-state index contributed by atoms with van der Waals surface area (Å²) in [6, 6.07) is 9.59. The number of anilines is 1. The van der Waals surface area contributed by atoms with Gasteiger partial charge in [0.25, 0.3) is 5.91 Å². The molecule has 2 aromatic heterocycles. The number of aromatic nitrogens is 3. The number of aryl methyl sites for hydroxylation is 2. The molecule has 0 aliphatic carbocycles. The average molecular weight is 387 g/mol. The molecule has 134 valence electrons. The number of thiophene rings is 1. The van der Waals surface area contributed by atoms with Gasteiger partial charge in [0.2, 0.25) is 5.91 Å². The Labute approximate surface area is 158 Å². The van der Waals surface area contributed by atoms with E-state index in [9.17, 15) is 9.59 Å². The molecule has 0 atom stereocenters. The zero-order chi connectivity index (χ0) is 18.7. The van der Waals surface area contributed by atoms with Gasteiger partial charge in [0.05, 0.1) is 11.3 Å². The van der Waals surface area contributed by atoms with Gasteiger partial charge < -0.3 is 11.1 Å². The third kappa shape index (κ3) is 3.94. The lowest BCUT2D eigenvalue weighted by molar-refractivity contribution is -0.113. The molecule has 7 nitrogen and oxygen atoms in total. The zero-order valence-electron chi connectivity index (χ0n) is 14.2. The molecule has 3 aromatic rings. The number of carbonyl (C=O) groups excluding carboxylic acids is 2. The Kier molecular flexibility index (Phi) is 5.38. The number of thioether (sulfide) groups is 1. The smallest absolute Gasteiger partial charge is 0.251 e. The first kappa shape index (κ1) is 18.2. The monoisotopic (exact) mass is 387 g/mol. The number of carbonyl (C=O) groups is 2. The Morgan fingerprint density at radius 2 is 1.92 bits per heavy atom. The van der Waals surface area contributed by atoms with E-state index >= 15 is 0 Å². The highest BCUT2D eigenvalue weighted by atomic mass is 32.2. The van der Waals surface area contributed by atoms with E-state index in [-0.39, 0.29) is 11.7 Å². The maximum absolute atomic E-state index is 12.2. The van der Waals surface area contributed by atoms with E-state index in [1.807, 2.05) is 42.7 Å². The summed E-state index contributed by atoms with van der Waals surface area (Å²) in [5.41, 5.74) is 7.70. The van der Waals surface area contributed by atoms with Crippen LogP contribution in [0.3, 0.4) is 0 Å². The number of nitrogens with one attached hydrogen (secondary N) is 1. The molecular formula is C17H17N5O2S2. The van der Waals surface area contributed by atoms with Crippen LogP contribution in [0.25, 0.3) is 5.69 Å². The Morgan fingerprint density at radius 3 is 2.62 bits per heavy atom. The maximum atomic E-state index is 12.2. The topological polar surface area (TPSA) is 103 Å². The van der Waals surface area contributed by atoms with Gasteiger partial charge in [0.15, 0.2) is 5.16 Å². The molecule has 2 amide bonds. The SMILES string of the molecule is Cc1ccc(-n2c(C)nnc2SCC(=O)Nc2sccc2C(N)=O)cc1. The first-order chi connectivity index (χ1) is 12.5. The van der Waals surface area contributed by atoms with Crippen molar-refractivity contribution in [3.8, 4) is 5.69 Å². The van der Waals surface area contributed by atoms with E-state index in [2.05, 4.69) is 15.5 Å². The number of rotatable bonds is 6. The number of primary amides is 1. The van der Waals surface area contributed by atoms with Crippen LogP contribution in [0.1, 0.15) is 21.7 Å². The summed E-state index contributed by atoms with van der Waals surface area (Å²) in [5, 5.41) is 13.8. The number of amides is 2. The van der Waals surface area contributed by atoms with Crippen molar-refractivity contribution in [2.24, 2.45) is 5.73 Å². The largest absolute Gasteiger partial charge is 0.366 e. The predicted octanol–water partition coefficient (Wildman–Crippen LogP) is 2.78. The van der Waals surface area contributed by atoms with Crippen molar-refractivity contribution in [1.82, 2.24) is 14.8 Å². The van der Waals surface area contributed by atoms with Crippen molar-refractivity contribution < 1.29 is 9.59 Å². The van der Waals surface area contributed by atoms with Crippen LogP contribution in [-0.2, 0) is 4.79 Å². The Hall–Kier alpha value is -2.65. The molecule has 26 heavy (non-hydrogen) atoms. The highest BCUT2D eigenvalue weighted by Gasteiger charge is 2.16. The minimum absolute atomic E-state index is 0.139. The van der Waals surface area contributed by atoms with Crippen LogP contribution in [0, 0.1) is 13.8 Å². The van der Waals surface area contributed by atoms with E-state index in [0.29, 0.717) is 15.7 Å². The summed E-state index contributed by atoms with van der Waals surface area (Å²) in [4.78, 5) is 23.5. The molecule has 3 N–H and O–H groups in total. The molecule has 0 saturated carbocycles. The molecule has 0 aliphatic rings.